The lowest BCUT2D eigenvalue weighted by Crippen LogP contribution is -2.40. The second-order valence-corrected chi connectivity index (χ2v) is 6.78. The van der Waals surface area contributed by atoms with Crippen LogP contribution in [0.5, 0.6) is 0 Å². The molecule has 1 aliphatic heterocycles. The topological polar surface area (TPSA) is 32.5 Å². The van der Waals surface area contributed by atoms with Crippen LogP contribution in [0.1, 0.15) is 38.3 Å². The van der Waals surface area contributed by atoms with E-state index in [1.54, 1.807) is 0 Å². The molecule has 0 aliphatic carbocycles. The van der Waals surface area contributed by atoms with Crippen LogP contribution in [0.25, 0.3) is 0 Å². The van der Waals surface area contributed by atoms with E-state index in [0.717, 1.165) is 17.6 Å². The van der Waals surface area contributed by atoms with Crippen molar-refractivity contribution in [3.8, 4) is 0 Å². The van der Waals surface area contributed by atoms with Gasteiger partial charge in [-0.1, -0.05) is 22.9 Å². The molecule has 0 saturated carbocycles. The summed E-state index contributed by atoms with van der Waals surface area (Å²) < 4.78 is 1.11. The lowest BCUT2D eigenvalue weighted by molar-refractivity contribution is 0.328. The molecule has 1 aromatic carbocycles. The highest BCUT2D eigenvalue weighted by Crippen LogP contribution is 2.31. The third-order valence-electron chi connectivity index (χ3n) is 4.16. The first-order chi connectivity index (χ1) is 9.52. The van der Waals surface area contributed by atoms with Crippen LogP contribution in [-0.2, 0) is 0 Å². The van der Waals surface area contributed by atoms with Gasteiger partial charge in [0.15, 0.2) is 0 Å². The Morgan fingerprint density at radius 3 is 2.80 bits per heavy atom. The Morgan fingerprint density at radius 1 is 1.40 bits per heavy atom. The molecule has 0 amide bonds. The van der Waals surface area contributed by atoms with Crippen molar-refractivity contribution in [2.45, 2.75) is 38.8 Å². The summed E-state index contributed by atoms with van der Waals surface area (Å²) in [6.45, 7) is 7.77. The molecule has 4 heteroatoms. The summed E-state index contributed by atoms with van der Waals surface area (Å²) in [5.41, 5.74) is 8.73. The van der Waals surface area contributed by atoms with Gasteiger partial charge in [-0.3, -0.25) is 0 Å². The van der Waals surface area contributed by atoms with Crippen molar-refractivity contribution in [1.29, 1.82) is 0 Å². The molecule has 112 valence electrons. The normalized spacial score (nSPS) is 22.6. The molecule has 1 aliphatic rings. The fourth-order valence-electron chi connectivity index (χ4n) is 3.06. The number of halogens is 1. The number of rotatable bonds is 3. The van der Waals surface area contributed by atoms with Gasteiger partial charge in [0, 0.05) is 35.3 Å². The number of nitrogens with zero attached hydrogens (tertiary/aromatic N) is 2. The lowest BCUT2D eigenvalue weighted by Gasteiger charge is -2.34. The summed E-state index contributed by atoms with van der Waals surface area (Å²) in [4.78, 5) is 5.01. The van der Waals surface area contributed by atoms with Gasteiger partial charge in [-0.25, -0.2) is 0 Å². The SMILES string of the molecule is CCC1CN(C)CCCN1c1ccc(Br)cc1C(C)N. The highest BCUT2D eigenvalue weighted by Gasteiger charge is 2.24. The maximum atomic E-state index is 6.19. The molecule has 0 spiro atoms. The second kappa shape index (κ2) is 6.92. The molecule has 1 saturated heterocycles. The first kappa shape index (κ1) is 15.8. The van der Waals surface area contributed by atoms with Gasteiger partial charge in [-0.05, 0) is 57.1 Å². The Balaban J connectivity index is 2.37. The average molecular weight is 340 g/mol. The van der Waals surface area contributed by atoms with Crippen LogP contribution in [0.2, 0.25) is 0 Å². The molecular formula is C16H26BrN3. The zero-order chi connectivity index (χ0) is 14.7. The summed E-state index contributed by atoms with van der Waals surface area (Å²) in [7, 11) is 2.22. The number of hydrogen-bond donors (Lipinski definition) is 1. The standard InChI is InChI=1S/C16H26BrN3/c1-4-14-11-19(3)8-5-9-20(14)16-7-6-13(17)10-15(16)12(2)18/h6-7,10,12,14H,4-5,8-9,11,18H2,1-3H3. The molecule has 2 rings (SSSR count). The van der Waals surface area contributed by atoms with E-state index in [4.69, 9.17) is 5.73 Å². The van der Waals surface area contributed by atoms with Gasteiger partial charge in [0.1, 0.15) is 0 Å². The Labute approximate surface area is 131 Å². The Kier molecular flexibility index (Phi) is 5.47. The van der Waals surface area contributed by atoms with E-state index in [0.29, 0.717) is 6.04 Å². The van der Waals surface area contributed by atoms with E-state index < -0.39 is 0 Å². The van der Waals surface area contributed by atoms with E-state index >= 15 is 0 Å². The molecule has 0 radical (unpaired) electrons. The third kappa shape index (κ3) is 3.54. The van der Waals surface area contributed by atoms with E-state index in [1.807, 2.05) is 0 Å². The quantitative estimate of drug-likeness (QED) is 0.916. The van der Waals surface area contributed by atoms with Gasteiger partial charge in [0.05, 0.1) is 0 Å². The van der Waals surface area contributed by atoms with E-state index in [9.17, 15) is 0 Å². The van der Waals surface area contributed by atoms with Crippen LogP contribution in [0.15, 0.2) is 22.7 Å². The van der Waals surface area contributed by atoms with Crippen LogP contribution in [0.4, 0.5) is 5.69 Å². The molecular weight excluding hydrogens is 314 g/mol. The number of anilines is 1. The Hall–Kier alpha value is -0.580. The molecule has 2 atom stereocenters. The van der Waals surface area contributed by atoms with Crippen molar-refractivity contribution in [1.82, 2.24) is 4.90 Å². The Morgan fingerprint density at radius 2 is 2.15 bits per heavy atom. The van der Waals surface area contributed by atoms with Gasteiger partial charge in [-0.2, -0.15) is 0 Å². The van der Waals surface area contributed by atoms with Gasteiger partial charge in [-0.15, -0.1) is 0 Å². The maximum Gasteiger partial charge on any atom is 0.0418 e. The molecule has 20 heavy (non-hydrogen) atoms. The summed E-state index contributed by atoms with van der Waals surface area (Å²) in [6.07, 6.45) is 2.38. The molecule has 2 unspecified atom stereocenters. The number of benzene rings is 1. The van der Waals surface area contributed by atoms with Gasteiger partial charge < -0.3 is 15.5 Å². The lowest BCUT2D eigenvalue weighted by atomic mass is 10.0. The third-order valence-corrected chi connectivity index (χ3v) is 4.66. The van der Waals surface area contributed by atoms with Gasteiger partial charge >= 0.3 is 0 Å². The first-order valence-electron chi connectivity index (χ1n) is 7.53. The molecule has 2 N–H and O–H groups in total. The predicted octanol–water partition coefficient (Wildman–Crippen LogP) is 3.39. The van der Waals surface area contributed by atoms with Gasteiger partial charge in [0.25, 0.3) is 0 Å². The molecule has 1 fully saturated rings. The van der Waals surface area contributed by atoms with Crippen molar-refractivity contribution < 1.29 is 0 Å². The van der Waals surface area contributed by atoms with Crippen LogP contribution in [0.3, 0.4) is 0 Å². The number of nitrogens with two attached hydrogens (primary N) is 1. The minimum Gasteiger partial charge on any atom is -0.367 e. The van der Waals surface area contributed by atoms with E-state index in [1.165, 1.54) is 30.6 Å². The van der Waals surface area contributed by atoms with Crippen molar-refractivity contribution in [3.63, 3.8) is 0 Å². The number of hydrogen-bond acceptors (Lipinski definition) is 3. The monoisotopic (exact) mass is 339 g/mol. The van der Waals surface area contributed by atoms with Crippen molar-refractivity contribution in [2.75, 3.05) is 31.6 Å². The summed E-state index contributed by atoms with van der Waals surface area (Å²) in [6, 6.07) is 7.14. The summed E-state index contributed by atoms with van der Waals surface area (Å²) in [5, 5.41) is 0. The van der Waals surface area contributed by atoms with Crippen molar-refractivity contribution in [3.05, 3.63) is 28.2 Å². The number of likely N-dealkylation sites (N-methyl/N-ethyl adjacent to an activating group) is 1. The molecule has 3 nitrogen and oxygen atoms in total. The zero-order valence-electron chi connectivity index (χ0n) is 12.8. The fraction of sp³-hybridized carbons (Fsp3) is 0.625. The molecule has 0 aromatic heterocycles. The van der Waals surface area contributed by atoms with Gasteiger partial charge in [0.2, 0.25) is 0 Å². The van der Waals surface area contributed by atoms with E-state index in [-0.39, 0.29) is 6.04 Å². The summed E-state index contributed by atoms with van der Waals surface area (Å²) in [5.74, 6) is 0. The second-order valence-electron chi connectivity index (χ2n) is 5.86. The Bertz CT molecular complexity index is 447. The highest BCUT2D eigenvalue weighted by atomic mass is 79.9. The summed E-state index contributed by atoms with van der Waals surface area (Å²) >= 11 is 3.56. The van der Waals surface area contributed by atoms with Crippen LogP contribution in [0, 0.1) is 0 Å². The molecule has 1 aromatic rings. The highest BCUT2D eigenvalue weighted by molar-refractivity contribution is 9.10. The maximum absolute atomic E-state index is 6.19. The van der Waals surface area contributed by atoms with Crippen molar-refractivity contribution >= 4 is 21.6 Å². The largest absolute Gasteiger partial charge is 0.367 e. The molecule has 1 heterocycles. The minimum absolute atomic E-state index is 0.0565. The van der Waals surface area contributed by atoms with Crippen LogP contribution >= 0.6 is 15.9 Å². The predicted molar refractivity (Wildman–Crippen MR) is 90.3 cm³/mol. The first-order valence-corrected chi connectivity index (χ1v) is 8.32. The zero-order valence-corrected chi connectivity index (χ0v) is 14.4. The van der Waals surface area contributed by atoms with Crippen molar-refractivity contribution in [2.24, 2.45) is 5.73 Å². The average Bonchev–Trinajstić information content (AvgIpc) is 2.60. The van der Waals surface area contributed by atoms with E-state index in [2.05, 4.69) is 64.8 Å². The van der Waals surface area contributed by atoms with Crippen LogP contribution in [-0.4, -0.2) is 37.6 Å². The fourth-order valence-corrected chi connectivity index (χ4v) is 3.44. The van der Waals surface area contributed by atoms with Crippen LogP contribution < -0.4 is 10.6 Å². The smallest absolute Gasteiger partial charge is 0.0418 e. The minimum atomic E-state index is 0.0565. The molecule has 0 bridgehead atoms.